The standard InChI is InChI=1S/C18H14N4O/c19-16-7-3-4-13(17(22-16)12-8-10-20-11-9-12)18-21-14-5-1-2-6-15(14)23-18/h1-6,8-11H,7H2,(H2,19,22). The predicted molar refractivity (Wildman–Crippen MR) is 90.4 cm³/mol. The van der Waals surface area contributed by atoms with Gasteiger partial charge < -0.3 is 10.2 Å². The molecule has 0 atom stereocenters. The Kier molecular flexibility index (Phi) is 3.24. The number of aromatic nitrogens is 2. The Labute approximate surface area is 132 Å². The minimum atomic E-state index is 0.535. The summed E-state index contributed by atoms with van der Waals surface area (Å²) in [7, 11) is 0. The van der Waals surface area contributed by atoms with E-state index in [2.05, 4.69) is 15.0 Å². The van der Waals surface area contributed by atoms with E-state index in [0.29, 0.717) is 18.1 Å². The number of oxazole rings is 1. The summed E-state index contributed by atoms with van der Waals surface area (Å²) in [4.78, 5) is 13.2. The van der Waals surface area contributed by atoms with Crippen LogP contribution in [0, 0.1) is 0 Å². The molecule has 0 amide bonds. The fraction of sp³-hybridized carbons (Fsp3) is 0.0556. The van der Waals surface area contributed by atoms with Crippen LogP contribution < -0.4 is 5.73 Å². The zero-order chi connectivity index (χ0) is 15.6. The lowest BCUT2D eigenvalue weighted by Crippen LogP contribution is -2.09. The normalized spacial score (nSPS) is 14.9. The van der Waals surface area contributed by atoms with Crippen molar-refractivity contribution in [3.05, 3.63) is 72.4 Å². The van der Waals surface area contributed by atoms with Crippen molar-refractivity contribution in [2.75, 3.05) is 0 Å². The third kappa shape index (κ3) is 2.53. The number of hydrogen-bond donors (Lipinski definition) is 1. The number of nitrogens with two attached hydrogens (primary N) is 1. The number of benzene rings is 1. The fourth-order valence-corrected chi connectivity index (χ4v) is 2.52. The van der Waals surface area contributed by atoms with Gasteiger partial charge in [0.2, 0.25) is 5.89 Å². The first-order chi connectivity index (χ1) is 11.3. The first kappa shape index (κ1) is 13.5. The van der Waals surface area contributed by atoms with Crippen LogP contribution in [0.5, 0.6) is 0 Å². The van der Waals surface area contributed by atoms with E-state index in [0.717, 1.165) is 27.9 Å². The molecular formula is C18H14N4O. The fourth-order valence-electron chi connectivity index (χ4n) is 2.52. The zero-order valence-corrected chi connectivity index (χ0v) is 12.3. The average molecular weight is 302 g/mol. The number of rotatable bonds is 2. The zero-order valence-electron chi connectivity index (χ0n) is 12.3. The summed E-state index contributed by atoms with van der Waals surface area (Å²) in [6.45, 7) is 0. The second-order valence-corrected chi connectivity index (χ2v) is 5.19. The molecule has 0 aliphatic carbocycles. The number of fused-ring (bicyclic) bond motifs is 1. The summed E-state index contributed by atoms with van der Waals surface area (Å²) in [5, 5.41) is 0. The Hall–Kier alpha value is -3.21. The number of amidine groups is 1. The third-order valence-electron chi connectivity index (χ3n) is 3.60. The van der Waals surface area contributed by atoms with Crippen LogP contribution in [-0.4, -0.2) is 15.8 Å². The molecule has 3 aromatic rings. The highest BCUT2D eigenvalue weighted by Gasteiger charge is 2.17. The molecule has 5 nitrogen and oxygen atoms in total. The maximum Gasteiger partial charge on any atom is 0.229 e. The second kappa shape index (κ2) is 5.53. The van der Waals surface area contributed by atoms with E-state index < -0.39 is 0 Å². The number of pyridine rings is 1. The summed E-state index contributed by atoms with van der Waals surface area (Å²) in [5.41, 5.74) is 10.0. The van der Waals surface area contributed by atoms with Gasteiger partial charge in [0.05, 0.1) is 11.3 Å². The minimum absolute atomic E-state index is 0.535. The van der Waals surface area contributed by atoms with Crippen LogP contribution in [0.25, 0.3) is 22.4 Å². The first-order valence-electron chi connectivity index (χ1n) is 7.31. The van der Waals surface area contributed by atoms with Gasteiger partial charge in [0, 0.05) is 24.4 Å². The largest absolute Gasteiger partial charge is 0.436 e. The molecule has 1 aromatic carbocycles. The molecule has 1 aliphatic rings. The summed E-state index contributed by atoms with van der Waals surface area (Å²) >= 11 is 0. The molecule has 5 heteroatoms. The molecule has 0 radical (unpaired) electrons. The van der Waals surface area contributed by atoms with Crippen molar-refractivity contribution in [2.24, 2.45) is 10.7 Å². The molecule has 3 heterocycles. The van der Waals surface area contributed by atoms with Crippen molar-refractivity contribution in [3.63, 3.8) is 0 Å². The predicted octanol–water partition coefficient (Wildman–Crippen LogP) is 3.41. The summed E-state index contributed by atoms with van der Waals surface area (Å²) in [6, 6.07) is 11.5. The van der Waals surface area contributed by atoms with Crippen molar-refractivity contribution >= 4 is 28.2 Å². The summed E-state index contributed by atoms with van der Waals surface area (Å²) < 4.78 is 5.90. The van der Waals surface area contributed by atoms with E-state index in [4.69, 9.17) is 10.2 Å². The topological polar surface area (TPSA) is 77.3 Å². The van der Waals surface area contributed by atoms with Crippen LogP contribution in [0.1, 0.15) is 17.9 Å². The number of allylic oxidation sites excluding steroid dienone is 2. The maximum atomic E-state index is 5.98. The SMILES string of the molecule is NC1=NC(c2ccncc2)=C(c2nc3ccccc3o2)C=CC1. The molecule has 0 fully saturated rings. The number of aliphatic imine (C=N–C) groups is 1. The van der Waals surface area contributed by atoms with Crippen molar-refractivity contribution < 1.29 is 4.42 Å². The van der Waals surface area contributed by atoms with Crippen molar-refractivity contribution in [1.29, 1.82) is 0 Å². The average Bonchev–Trinajstić information content (AvgIpc) is 2.92. The number of hydrogen-bond acceptors (Lipinski definition) is 5. The monoisotopic (exact) mass is 302 g/mol. The molecule has 23 heavy (non-hydrogen) atoms. The van der Waals surface area contributed by atoms with Crippen molar-refractivity contribution in [3.8, 4) is 0 Å². The molecular weight excluding hydrogens is 288 g/mol. The highest BCUT2D eigenvalue weighted by Crippen LogP contribution is 2.31. The molecule has 112 valence electrons. The number of nitrogens with zero attached hydrogens (tertiary/aromatic N) is 3. The van der Waals surface area contributed by atoms with Crippen LogP contribution >= 0.6 is 0 Å². The quantitative estimate of drug-likeness (QED) is 0.787. The van der Waals surface area contributed by atoms with E-state index in [1.54, 1.807) is 12.4 Å². The first-order valence-corrected chi connectivity index (χ1v) is 7.31. The van der Waals surface area contributed by atoms with Crippen molar-refractivity contribution in [1.82, 2.24) is 9.97 Å². The molecule has 4 rings (SSSR count). The third-order valence-corrected chi connectivity index (χ3v) is 3.60. The highest BCUT2D eigenvalue weighted by molar-refractivity contribution is 6.00. The molecule has 0 bridgehead atoms. The highest BCUT2D eigenvalue weighted by atomic mass is 16.3. The smallest absolute Gasteiger partial charge is 0.229 e. The van der Waals surface area contributed by atoms with Crippen molar-refractivity contribution in [2.45, 2.75) is 6.42 Å². The van der Waals surface area contributed by atoms with Gasteiger partial charge in [0.1, 0.15) is 11.4 Å². The van der Waals surface area contributed by atoms with Crippen LogP contribution in [-0.2, 0) is 0 Å². The molecule has 1 aliphatic heterocycles. The van der Waals surface area contributed by atoms with E-state index >= 15 is 0 Å². The van der Waals surface area contributed by atoms with Crippen LogP contribution in [0.15, 0.2) is 70.4 Å². The molecule has 2 aromatic heterocycles. The lowest BCUT2D eigenvalue weighted by Gasteiger charge is -2.05. The lowest BCUT2D eigenvalue weighted by molar-refractivity contribution is 0.586. The summed E-state index contributed by atoms with van der Waals surface area (Å²) in [6.07, 6.45) is 7.98. The van der Waals surface area contributed by atoms with E-state index in [9.17, 15) is 0 Å². The Morgan fingerprint density at radius 3 is 2.70 bits per heavy atom. The number of para-hydroxylation sites is 2. The summed E-state index contributed by atoms with van der Waals surface area (Å²) in [5.74, 6) is 1.09. The Bertz CT molecular complexity index is 918. The van der Waals surface area contributed by atoms with Gasteiger partial charge in [0.15, 0.2) is 5.58 Å². The van der Waals surface area contributed by atoms with Gasteiger partial charge in [-0.3, -0.25) is 4.98 Å². The molecule has 0 saturated carbocycles. The van der Waals surface area contributed by atoms with Gasteiger partial charge in [0.25, 0.3) is 0 Å². The molecule has 0 unspecified atom stereocenters. The molecule has 2 N–H and O–H groups in total. The molecule has 0 spiro atoms. The van der Waals surface area contributed by atoms with Gasteiger partial charge >= 0.3 is 0 Å². The van der Waals surface area contributed by atoms with Gasteiger partial charge in [-0.15, -0.1) is 0 Å². The Balaban J connectivity index is 1.97. The van der Waals surface area contributed by atoms with Crippen LogP contribution in [0.2, 0.25) is 0 Å². The van der Waals surface area contributed by atoms with Crippen LogP contribution in [0.4, 0.5) is 0 Å². The van der Waals surface area contributed by atoms with Gasteiger partial charge in [-0.05, 0) is 24.3 Å². The molecule has 0 saturated heterocycles. The van der Waals surface area contributed by atoms with E-state index in [1.807, 2.05) is 48.6 Å². The van der Waals surface area contributed by atoms with Gasteiger partial charge in [-0.1, -0.05) is 24.3 Å². The minimum Gasteiger partial charge on any atom is -0.436 e. The van der Waals surface area contributed by atoms with E-state index in [-0.39, 0.29) is 0 Å². The Morgan fingerprint density at radius 1 is 1.04 bits per heavy atom. The van der Waals surface area contributed by atoms with Gasteiger partial charge in [-0.2, -0.15) is 0 Å². The maximum absolute atomic E-state index is 5.98. The van der Waals surface area contributed by atoms with Gasteiger partial charge in [-0.25, -0.2) is 9.98 Å². The van der Waals surface area contributed by atoms with E-state index in [1.165, 1.54) is 0 Å². The second-order valence-electron chi connectivity index (χ2n) is 5.19. The van der Waals surface area contributed by atoms with Crippen LogP contribution in [0.3, 0.4) is 0 Å². The lowest BCUT2D eigenvalue weighted by atomic mass is 10.1. The Morgan fingerprint density at radius 2 is 1.87 bits per heavy atom.